The Labute approximate surface area is 86.0 Å². The van der Waals surface area contributed by atoms with Crippen molar-refractivity contribution >= 4 is 6.09 Å². The summed E-state index contributed by atoms with van der Waals surface area (Å²) in [5, 5.41) is 2.52. The van der Waals surface area contributed by atoms with Crippen LogP contribution in [-0.4, -0.2) is 19.7 Å². The van der Waals surface area contributed by atoms with Gasteiger partial charge >= 0.3 is 6.09 Å². The summed E-state index contributed by atoms with van der Waals surface area (Å²) in [4.78, 5) is 10.8. The Kier molecular flexibility index (Phi) is 2.45. The predicted molar refractivity (Wildman–Crippen MR) is 50.2 cm³/mol. The average Bonchev–Trinajstić information content (AvgIpc) is 2.66. The zero-order valence-corrected chi connectivity index (χ0v) is 8.12. The maximum atomic E-state index is 13.1. The standard InChI is InChI=1S/C10H10FNO3/c1-14-8-4-6(2-3-7(8)11)9-5-12-10(13)15-9/h2-4,9H,5H2,1H3,(H,12,13). The molecule has 4 nitrogen and oxygen atoms in total. The number of alkyl carbamates (subject to hydrolysis) is 1. The molecule has 0 radical (unpaired) electrons. The van der Waals surface area contributed by atoms with Crippen molar-refractivity contribution in [1.82, 2.24) is 5.32 Å². The van der Waals surface area contributed by atoms with E-state index >= 15 is 0 Å². The number of hydrogen-bond acceptors (Lipinski definition) is 3. The molecule has 80 valence electrons. The Hall–Kier alpha value is -1.78. The summed E-state index contributed by atoms with van der Waals surface area (Å²) in [6, 6.07) is 4.39. The first-order valence-electron chi connectivity index (χ1n) is 4.48. The number of nitrogens with one attached hydrogen (secondary N) is 1. The number of methoxy groups -OCH3 is 1. The minimum Gasteiger partial charge on any atom is -0.494 e. The van der Waals surface area contributed by atoms with Crippen LogP contribution in [0.1, 0.15) is 11.7 Å². The van der Waals surface area contributed by atoms with Crippen LogP contribution in [0.4, 0.5) is 9.18 Å². The van der Waals surface area contributed by atoms with Gasteiger partial charge in [-0.05, 0) is 17.7 Å². The second-order valence-corrected chi connectivity index (χ2v) is 3.17. The zero-order chi connectivity index (χ0) is 10.8. The number of cyclic esters (lactones) is 1. The Morgan fingerprint density at radius 2 is 2.40 bits per heavy atom. The van der Waals surface area contributed by atoms with Gasteiger partial charge in [0.25, 0.3) is 0 Å². The smallest absolute Gasteiger partial charge is 0.407 e. The number of rotatable bonds is 2. The molecule has 0 aromatic heterocycles. The number of benzene rings is 1. The van der Waals surface area contributed by atoms with E-state index in [1.54, 1.807) is 6.07 Å². The molecule has 0 bridgehead atoms. The molecule has 1 aliphatic heterocycles. The predicted octanol–water partition coefficient (Wildman–Crippen LogP) is 1.62. The highest BCUT2D eigenvalue weighted by molar-refractivity contribution is 5.69. The molecule has 1 heterocycles. The van der Waals surface area contributed by atoms with Gasteiger partial charge in [0, 0.05) is 0 Å². The fraction of sp³-hybridized carbons (Fsp3) is 0.300. The van der Waals surface area contributed by atoms with E-state index in [2.05, 4.69) is 5.32 Å². The second kappa shape index (κ2) is 3.76. The van der Waals surface area contributed by atoms with Crippen LogP contribution >= 0.6 is 0 Å². The lowest BCUT2D eigenvalue weighted by atomic mass is 10.1. The molecular formula is C10H10FNO3. The van der Waals surface area contributed by atoms with Crippen LogP contribution in [0.25, 0.3) is 0 Å². The third kappa shape index (κ3) is 1.86. The van der Waals surface area contributed by atoms with Crippen molar-refractivity contribution in [1.29, 1.82) is 0 Å². The normalized spacial score (nSPS) is 19.6. The summed E-state index contributed by atoms with van der Waals surface area (Å²) >= 11 is 0. The third-order valence-electron chi connectivity index (χ3n) is 2.23. The van der Waals surface area contributed by atoms with Crippen LogP contribution in [0.15, 0.2) is 18.2 Å². The SMILES string of the molecule is COc1cc(C2CNC(=O)O2)ccc1F. The Balaban J connectivity index is 2.25. The number of carbonyl (C=O) groups is 1. The fourth-order valence-electron chi connectivity index (χ4n) is 1.45. The first-order valence-corrected chi connectivity index (χ1v) is 4.48. The van der Waals surface area contributed by atoms with Gasteiger partial charge in [0.05, 0.1) is 13.7 Å². The monoisotopic (exact) mass is 211 g/mol. The van der Waals surface area contributed by atoms with Gasteiger partial charge in [0.15, 0.2) is 11.6 Å². The van der Waals surface area contributed by atoms with E-state index in [-0.39, 0.29) is 11.9 Å². The molecule has 1 aliphatic rings. The van der Waals surface area contributed by atoms with Gasteiger partial charge < -0.3 is 14.8 Å². The zero-order valence-electron chi connectivity index (χ0n) is 8.12. The summed E-state index contributed by atoms with van der Waals surface area (Å²) < 4.78 is 22.9. The van der Waals surface area contributed by atoms with E-state index < -0.39 is 11.9 Å². The lowest BCUT2D eigenvalue weighted by Crippen LogP contribution is -2.12. The van der Waals surface area contributed by atoms with Gasteiger partial charge in [-0.3, -0.25) is 0 Å². The molecule has 1 saturated heterocycles. The van der Waals surface area contributed by atoms with Crippen molar-refractivity contribution in [2.45, 2.75) is 6.10 Å². The van der Waals surface area contributed by atoms with Gasteiger partial charge in [-0.1, -0.05) is 6.07 Å². The summed E-state index contributed by atoms with van der Waals surface area (Å²) in [6.45, 7) is 0.396. The highest BCUT2D eigenvalue weighted by Crippen LogP contribution is 2.26. The summed E-state index contributed by atoms with van der Waals surface area (Å²) in [6.07, 6.45) is -0.824. The first-order chi connectivity index (χ1) is 7.20. The van der Waals surface area contributed by atoms with Gasteiger partial charge in [0.1, 0.15) is 6.10 Å². The summed E-state index contributed by atoms with van der Waals surface area (Å²) in [5.41, 5.74) is 0.714. The molecule has 1 atom stereocenters. The number of ether oxygens (including phenoxy) is 2. The molecule has 1 fully saturated rings. The van der Waals surface area contributed by atoms with Gasteiger partial charge in [0.2, 0.25) is 0 Å². The number of halogens is 1. The van der Waals surface area contributed by atoms with Crippen LogP contribution < -0.4 is 10.1 Å². The van der Waals surface area contributed by atoms with Crippen LogP contribution in [0, 0.1) is 5.82 Å². The van der Waals surface area contributed by atoms with Crippen LogP contribution in [0.5, 0.6) is 5.75 Å². The highest BCUT2D eigenvalue weighted by Gasteiger charge is 2.24. The van der Waals surface area contributed by atoms with E-state index in [9.17, 15) is 9.18 Å². The summed E-state index contributed by atoms with van der Waals surface area (Å²) in [7, 11) is 1.39. The second-order valence-electron chi connectivity index (χ2n) is 3.17. The average molecular weight is 211 g/mol. The number of amides is 1. The van der Waals surface area contributed by atoms with Gasteiger partial charge in [-0.25, -0.2) is 9.18 Å². The Morgan fingerprint density at radius 1 is 1.60 bits per heavy atom. The van der Waals surface area contributed by atoms with Crippen molar-refractivity contribution in [2.75, 3.05) is 13.7 Å². The largest absolute Gasteiger partial charge is 0.494 e. The van der Waals surface area contributed by atoms with E-state index in [1.807, 2.05) is 0 Å². The minimum absolute atomic E-state index is 0.149. The quantitative estimate of drug-likeness (QED) is 0.808. The van der Waals surface area contributed by atoms with Crippen molar-refractivity contribution < 1.29 is 18.7 Å². The van der Waals surface area contributed by atoms with E-state index in [1.165, 1.54) is 19.2 Å². The van der Waals surface area contributed by atoms with E-state index in [0.717, 1.165) is 0 Å². The van der Waals surface area contributed by atoms with E-state index in [0.29, 0.717) is 12.1 Å². The Bertz CT molecular complexity index is 394. The van der Waals surface area contributed by atoms with Gasteiger partial charge in [-0.2, -0.15) is 0 Å². The highest BCUT2D eigenvalue weighted by atomic mass is 19.1. The molecule has 0 spiro atoms. The van der Waals surface area contributed by atoms with Crippen molar-refractivity contribution in [2.24, 2.45) is 0 Å². The molecule has 5 heteroatoms. The van der Waals surface area contributed by atoms with Crippen LogP contribution in [0.2, 0.25) is 0 Å². The first kappa shape index (κ1) is 9.76. The molecule has 1 amide bonds. The van der Waals surface area contributed by atoms with Crippen LogP contribution in [0.3, 0.4) is 0 Å². The maximum Gasteiger partial charge on any atom is 0.407 e. The lowest BCUT2D eigenvalue weighted by molar-refractivity contribution is 0.141. The van der Waals surface area contributed by atoms with E-state index in [4.69, 9.17) is 9.47 Å². The lowest BCUT2D eigenvalue weighted by Gasteiger charge is -2.09. The van der Waals surface area contributed by atoms with Gasteiger partial charge in [-0.15, -0.1) is 0 Å². The van der Waals surface area contributed by atoms with Crippen molar-refractivity contribution in [3.63, 3.8) is 0 Å². The fourth-order valence-corrected chi connectivity index (χ4v) is 1.45. The van der Waals surface area contributed by atoms with Crippen LogP contribution in [-0.2, 0) is 4.74 Å². The molecule has 15 heavy (non-hydrogen) atoms. The molecular weight excluding hydrogens is 201 g/mol. The topological polar surface area (TPSA) is 47.6 Å². The Morgan fingerprint density at radius 3 is 3.00 bits per heavy atom. The molecule has 2 rings (SSSR count). The molecule has 1 aromatic carbocycles. The number of hydrogen-bond donors (Lipinski definition) is 1. The van der Waals surface area contributed by atoms with Crippen molar-refractivity contribution in [3.05, 3.63) is 29.6 Å². The molecule has 1 unspecified atom stereocenters. The maximum absolute atomic E-state index is 13.1. The molecule has 1 aromatic rings. The summed E-state index contributed by atoms with van der Waals surface area (Å²) in [5.74, 6) is -0.283. The molecule has 0 aliphatic carbocycles. The molecule has 1 N–H and O–H groups in total. The number of carbonyl (C=O) groups excluding carboxylic acids is 1. The molecule has 0 saturated carbocycles. The minimum atomic E-state index is -0.455. The van der Waals surface area contributed by atoms with Crippen molar-refractivity contribution in [3.8, 4) is 5.75 Å². The third-order valence-corrected chi connectivity index (χ3v) is 2.23.